The minimum Gasteiger partial charge on any atom is -0.326 e. The van der Waals surface area contributed by atoms with Gasteiger partial charge in [0, 0.05) is 28.6 Å². The number of nitrogens with zero attached hydrogens (tertiary/aromatic N) is 2. The Morgan fingerprint density at radius 3 is 2.33 bits per heavy atom. The first-order chi connectivity index (χ1) is 16.0. The van der Waals surface area contributed by atoms with Crippen LogP contribution in [0.2, 0.25) is 0 Å². The summed E-state index contributed by atoms with van der Waals surface area (Å²) < 4.78 is 0. The molecule has 4 aromatic rings. The lowest BCUT2D eigenvalue weighted by atomic mass is 10.1. The van der Waals surface area contributed by atoms with E-state index in [2.05, 4.69) is 25.8 Å². The molecule has 166 valence electrons. The van der Waals surface area contributed by atoms with Gasteiger partial charge in [0.1, 0.15) is 0 Å². The number of thioether (sulfide) groups is 1. The van der Waals surface area contributed by atoms with E-state index in [4.69, 9.17) is 0 Å². The molecule has 7 nitrogen and oxygen atoms in total. The van der Waals surface area contributed by atoms with Gasteiger partial charge in [-0.15, -0.1) is 11.8 Å². The Bertz CT molecular complexity index is 1260. The van der Waals surface area contributed by atoms with E-state index in [0.717, 1.165) is 21.7 Å². The lowest BCUT2D eigenvalue weighted by molar-refractivity contribution is -0.115. The van der Waals surface area contributed by atoms with Gasteiger partial charge in [-0.1, -0.05) is 42.5 Å². The maximum Gasteiger partial charge on any atom is 0.237 e. The van der Waals surface area contributed by atoms with Crippen molar-refractivity contribution in [1.29, 1.82) is 0 Å². The molecule has 0 bridgehead atoms. The summed E-state index contributed by atoms with van der Waals surface area (Å²) in [5.74, 6) is 0.933. The molecule has 3 N–H and O–H groups in total. The Morgan fingerprint density at radius 1 is 0.909 bits per heavy atom. The zero-order valence-electron chi connectivity index (χ0n) is 18.2. The molecule has 4 rings (SSSR count). The number of para-hydroxylation sites is 1. The van der Waals surface area contributed by atoms with Crippen molar-refractivity contribution >= 4 is 35.0 Å². The summed E-state index contributed by atoms with van der Waals surface area (Å²) in [5, 5.41) is 12.7. The fourth-order valence-corrected chi connectivity index (χ4v) is 4.08. The van der Waals surface area contributed by atoms with E-state index in [-0.39, 0.29) is 17.1 Å². The van der Waals surface area contributed by atoms with Crippen molar-refractivity contribution in [2.24, 2.45) is 0 Å². The minimum absolute atomic E-state index is 0.121. The fourth-order valence-electron chi connectivity index (χ4n) is 3.21. The molecule has 0 fully saturated rings. The number of rotatable bonds is 7. The van der Waals surface area contributed by atoms with E-state index in [1.165, 1.54) is 18.7 Å². The topological polar surface area (TPSA) is 99.8 Å². The Hall–Kier alpha value is -3.91. The predicted octanol–water partition coefficient (Wildman–Crippen LogP) is 5.22. The van der Waals surface area contributed by atoms with Crippen LogP contribution >= 0.6 is 11.8 Å². The molecule has 0 spiro atoms. The molecule has 8 heteroatoms. The standard InChI is InChI=1S/C25H23N5O2S/c1-16(33-20-14-12-19(13-15-20)26-17(2)31)25(32)27-22-11-7-6-10-21(22)24-28-23(29-30-24)18-8-4-3-5-9-18/h3-16H,1-2H3,(H,26,31)(H,27,32)(H,28,29,30). The van der Waals surface area contributed by atoms with Crippen LogP contribution in [0.15, 0.2) is 83.8 Å². The normalized spacial score (nSPS) is 11.6. The molecular weight excluding hydrogens is 434 g/mol. The smallest absolute Gasteiger partial charge is 0.237 e. The van der Waals surface area contributed by atoms with Gasteiger partial charge in [0.2, 0.25) is 11.8 Å². The first kappa shape index (κ1) is 22.3. The highest BCUT2D eigenvalue weighted by molar-refractivity contribution is 8.00. The summed E-state index contributed by atoms with van der Waals surface area (Å²) >= 11 is 1.44. The maximum absolute atomic E-state index is 12.9. The Morgan fingerprint density at radius 2 is 1.61 bits per heavy atom. The lowest BCUT2D eigenvalue weighted by Gasteiger charge is -2.14. The van der Waals surface area contributed by atoms with Crippen molar-refractivity contribution in [2.45, 2.75) is 24.0 Å². The molecule has 0 aliphatic carbocycles. The number of amides is 2. The molecule has 0 aliphatic rings. The van der Waals surface area contributed by atoms with Gasteiger partial charge in [-0.2, -0.15) is 5.10 Å². The second-order valence-electron chi connectivity index (χ2n) is 7.37. The van der Waals surface area contributed by atoms with Gasteiger partial charge in [0.05, 0.1) is 10.9 Å². The van der Waals surface area contributed by atoms with E-state index in [1.54, 1.807) is 0 Å². The van der Waals surface area contributed by atoms with Crippen molar-refractivity contribution in [3.05, 3.63) is 78.9 Å². The number of H-pyrrole nitrogens is 1. The van der Waals surface area contributed by atoms with Gasteiger partial charge in [0.15, 0.2) is 11.6 Å². The van der Waals surface area contributed by atoms with E-state index >= 15 is 0 Å². The number of carbonyl (C=O) groups excluding carboxylic acids is 2. The third-order valence-electron chi connectivity index (χ3n) is 4.81. The number of nitrogens with one attached hydrogen (secondary N) is 3. The predicted molar refractivity (Wildman–Crippen MR) is 132 cm³/mol. The molecule has 0 saturated heterocycles. The van der Waals surface area contributed by atoms with Crippen molar-refractivity contribution in [3.8, 4) is 22.8 Å². The van der Waals surface area contributed by atoms with Gasteiger partial charge in [-0.25, -0.2) is 4.98 Å². The van der Waals surface area contributed by atoms with Crippen molar-refractivity contribution < 1.29 is 9.59 Å². The second kappa shape index (κ2) is 10.1. The summed E-state index contributed by atoms with van der Waals surface area (Å²) in [6.45, 7) is 3.32. The highest BCUT2D eigenvalue weighted by Crippen LogP contribution is 2.29. The molecule has 2 amide bonds. The average Bonchev–Trinajstić information content (AvgIpc) is 3.31. The minimum atomic E-state index is -0.334. The highest BCUT2D eigenvalue weighted by atomic mass is 32.2. The van der Waals surface area contributed by atoms with E-state index in [9.17, 15) is 9.59 Å². The van der Waals surface area contributed by atoms with Crippen molar-refractivity contribution in [3.63, 3.8) is 0 Å². The molecule has 0 radical (unpaired) electrons. The number of hydrogen-bond donors (Lipinski definition) is 3. The second-order valence-corrected chi connectivity index (χ2v) is 8.79. The number of carbonyl (C=O) groups is 2. The largest absolute Gasteiger partial charge is 0.326 e. The summed E-state index contributed by atoms with van der Waals surface area (Å²) in [5.41, 5.74) is 3.06. The molecule has 3 aromatic carbocycles. The fraction of sp³-hybridized carbons (Fsp3) is 0.120. The van der Waals surface area contributed by atoms with Crippen LogP contribution in [0.1, 0.15) is 13.8 Å². The maximum atomic E-state index is 12.9. The van der Waals surface area contributed by atoms with E-state index in [0.29, 0.717) is 17.3 Å². The molecule has 1 atom stereocenters. The lowest BCUT2D eigenvalue weighted by Crippen LogP contribution is -2.22. The first-order valence-electron chi connectivity index (χ1n) is 10.4. The highest BCUT2D eigenvalue weighted by Gasteiger charge is 2.18. The van der Waals surface area contributed by atoms with Crippen LogP contribution in [0.4, 0.5) is 11.4 Å². The molecular formula is C25H23N5O2S. The third kappa shape index (κ3) is 5.67. The number of anilines is 2. The Balaban J connectivity index is 1.46. The zero-order chi connectivity index (χ0) is 23.2. The van der Waals surface area contributed by atoms with Gasteiger partial charge < -0.3 is 10.6 Å². The SMILES string of the molecule is CC(=O)Nc1ccc(SC(C)C(=O)Nc2ccccc2-c2nc(-c3ccccc3)n[nH]2)cc1. The zero-order valence-corrected chi connectivity index (χ0v) is 19.0. The van der Waals surface area contributed by atoms with E-state index < -0.39 is 0 Å². The Kier molecular flexibility index (Phi) is 6.85. The molecule has 1 aromatic heterocycles. The Labute approximate surface area is 196 Å². The van der Waals surface area contributed by atoms with Crippen LogP contribution in [-0.2, 0) is 9.59 Å². The number of aromatic amines is 1. The molecule has 33 heavy (non-hydrogen) atoms. The molecule has 1 heterocycles. The van der Waals surface area contributed by atoms with Gasteiger partial charge in [0.25, 0.3) is 0 Å². The quantitative estimate of drug-likeness (QED) is 0.331. The van der Waals surface area contributed by atoms with Crippen LogP contribution < -0.4 is 10.6 Å². The summed E-state index contributed by atoms with van der Waals surface area (Å²) in [6, 6.07) is 24.6. The van der Waals surface area contributed by atoms with Crippen LogP contribution in [0.5, 0.6) is 0 Å². The van der Waals surface area contributed by atoms with Crippen LogP contribution in [0.25, 0.3) is 22.8 Å². The van der Waals surface area contributed by atoms with Gasteiger partial charge in [-0.3, -0.25) is 14.7 Å². The molecule has 1 unspecified atom stereocenters. The number of aromatic nitrogens is 3. The van der Waals surface area contributed by atoms with E-state index in [1.807, 2.05) is 85.8 Å². The summed E-state index contributed by atoms with van der Waals surface area (Å²) in [6.07, 6.45) is 0. The van der Waals surface area contributed by atoms with Crippen LogP contribution in [0.3, 0.4) is 0 Å². The third-order valence-corrected chi connectivity index (χ3v) is 5.93. The van der Waals surface area contributed by atoms with Crippen molar-refractivity contribution in [1.82, 2.24) is 15.2 Å². The van der Waals surface area contributed by atoms with Crippen molar-refractivity contribution in [2.75, 3.05) is 10.6 Å². The summed E-state index contributed by atoms with van der Waals surface area (Å²) in [4.78, 5) is 29.6. The number of benzene rings is 3. The average molecular weight is 458 g/mol. The van der Waals surface area contributed by atoms with Gasteiger partial charge >= 0.3 is 0 Å². The van der Waals surface area contributed by atoms with Gasteiger partial charge in [-0.05, 0) is 43.3 Å². The first-order valence-corrected chi connectivity index (χ1v) is 11.3. The molecule has 0 aliphatic heterocycles. The number of hydrogen-bond acceptors (Lipinski definition) is 5. The van der Waals surface area contributed by atoms with Crippen LogP contribution in [0, 0.1) is 0 Å². The summed E-state index contributed by atoms with van der Waals surface area (Å²) in [7, 11) is 0. The van der Waals surface area contributed by atoms with Crippen LogP contribution in [-0.4, -0.2) is 32.2 Å². The monoisotopic (exact) mass is 457 g/mol. The molecule has 0 saturated carbocycles.